The van der Waals surface area contributed by atoms with Gasteiger partial charge in [0.1, 0.15) is 12.2 Å². The molecule has 1 saturated heterocycles. The Balaban J connectivity index is 2.59. The standard InChI is InChI=1S/C10H15F3N2O4/c1-8(19-3-6(16)17)4-15(5-8)7(18)9(2,14)10(11,12)13/h3-5,14H2,1-2H3,(H,16,17). The van der Waals surface area contributed by atoms with E-state index in [2.05, 4.69) is 0 Å². The fourth-order valence-corrected chi connectivity index (χ4v) is 1.68. The minimum Gasteiger partial charge on any atom is -0.480 e. The average molecular weight is 284 g/mol. The topological polar surface area (TPSA) is 92.9 Å². The van der Waals surface area contributed by atoms with Crippen LogP contribution in [0.5, 0.6) is 0 Å². The molecule has 1 fully saturated rings. The predicted octanol–water partition coefficient (Wildman–Crippen LogP) is -0.0318. The molecule has 9 heteroatoms. The zero-order chi connectivity index (χ0) is 15.1. The number of nitrogens with zero attached hydrogens (tertiary/aromatic N) is 1. The highest BCUT2D eigenvalue weighted by atomic mass is 19.4. The second-order valence-corrected chi connectivity index (χ2v) is 4.99. The Bertz CT molecular complexity index is 389. The maximum atomic E-state index is 12.6. The molecule has 0 spiro atoms. The molecule has 0 bridgehead atoms. The van der Waals surface area contributed by atoms with Crippen LogP contribution >= 0.6 is 0 Å². The molecule has 0 aromatic rings. The molecule has 0 radical (unpaired) electrons. The Hall–Kier alpha value is -1.35. The van der Waals surface area contributed by atoms with Gasteiger partial charge in [-0.15, -0.1) is 0 Å². The minimum atomic E-state index is -4.85. The molecule has 1 aliphatic heterocycles. The summed E-state index contributed by atoms with van der Waals surface area (Å²) in [7, 11) is 0. The third kappa shape index (κ3) is 3.16. The van der Waals surface area contributed by atoms with E-state index >= 15 is 0 Å². The Morgan fingerprint density at radius 2 is 1.89 bits per heavy atom. The van der Waals surface area contributed by atoms with Crippen LogP contribution in [0.25, 0.3) is 0 Å². The van der Waals surface area contributed by atoms with Crippen LogP contribution < -0.4 is 5.73 Å². The van der Waals surface area contributed by atoms with Crippen LogP contribution in [0, 0.1) is 0 Å². The van der Waals surface area contributed by atoms with Crippen LogP contribution in [0.1, 0.15) is 13.8 Å². The van der Waals surface area contributed by atoms with Crippen molar-refractivity contribution in [3.63, 3.8) is 0 Å². The summed E-state index contributed by atoms with van der Waals surface area (Å²) >= 11 is 0. The number of rotatable bonds is 4. The van der Waals surface area contributed by atoms with Crippen LogP contribution in [-0.4, -0.2) is 58.9 Å². The van der Waals surface area contributed by atoms with E-state index in [9.17, 15) is 22.8 Å². The van der Waals surface area contributed by atoms with Gasteiger partial charge in [-0.25, -0.2) is 4.79 Å². The second kappa shape index (κ2) is 4.64. The van der Waals surface area contributed by atoms with Crippen molar-refractivity contribution in [1.82, 2.24) is 4.90 Å². The lowest BCUT2D eigenvalue weighted by Crippen LogP contribution is -2.71. The van der Waals surface area contributed by atoms with Crippen LogP contribution in [0.4, 0.5) is 13.2 Å². The molecule has 1 amide bonds. The van der Waals surface area contributed by atoms with Gasteiger partial charge in [0.15, 0.2) is 5.54 Å². The molecule has 0 aromatic heterocycles. The first-order valence-electron chi connectivity index (χ1n) is 5.40. The lowest BCUT2D eigenvalue weighted by atomic mass is 9.91. The quantitative estimate of drug-likeness (QED) is 0.756. The van der Waals surface area contributed by atoms with Crippen LogP contribution in [-0.2, 0) is 14.3 Å². The van der Waals surface area contributed by atoms with Gasteiger partial charge in [-0.3, -0.25) is 4.79 Å². The lowest BCUT2D eigenvalue weighted by Gasteiger charge is -2.49. The summed E-state index contributed by atoms with van der Waals surface area (Å²) in [6, 6.07) is 0. The fraction of sp³-hybridized carbons (Fsp3) is 0.800. The maximum absolute atomic E-state index is 12.6. The Morgan fingerprint density at radius 1 is 1.42 bits per heavy atom. The summed E-state index contributed by atoms with van der Waals surface area (Å²) in [5, 5.41) is 8.43. The highest BCUT2D eigenvalue weighted by molar-refractivity contribution is 5.87. The third-order valence-electron chi connectivity index (χ3n) is 2.92. The summed E-state index contributed by atoms with van der Waals surface area (Å²) in [6.07, 6.45) is -4.85. The molecule has 6 nitrogen and oxygen atoms in total. The number of carbonyl (C=O) groups excluding carboxylic acids is 1. The largest absolute Gasteiger partial charge is 0.480 e. The normalized spacial score (nSPS) is 21.5. The van der Waals surface area contributed by atoms with E-state index in [0.717, 1.165) is 4.90 Å². The van der Waals surface area contributed by atoms with Gasteiger partial charge in [0.2, 0.25) is 0 Å². The second-order valence-electron chi connectivity index (χ2n) is 4.99. The number of hydrogen-bond donors (Lipinski definition) is 2. The number of nitrogens with two attached hydrogens (primary N) is 1. The Morgan fingerprint density at radius 3 is 2.26 bits per heavy atom. The molecule has 110 valence electrons. The van der Waals surface area contributed by atoms with Gasteiger partial charge in [-0.1, -0.05) is 0 Å². The van der Waals surface area contributed by atoms with Crippen molar-refractivity contribution in [2.24, 2.45) is 5.73 Å². The number of amides is 1. The lowest BCUT2D eigenvalue weighted by molar-refractivity contribution is -0.207. The molecule has 19 heavy (non-hydrogen) atoms. The summed E-state index contributed by atoms with van der Waals surface area (Å²) in [5.74, 6) is -2.44. The summed E-state index contributed by atoms with van der Waals surface area (Å²) in [5.41, 5.74) is 1.10. The van der Waals surface area contributed by atoms with E-state index in [0.29, 0.717) is 6.92 Å². The molecular formula is C10H15F3N2O4. The van der Waals surface area contributed by atoms with E-state index < -0.39 is 35.8 Å². The van der Waals surface area contributed by atoms with Crippen molar-refractivity contribution in [2.45, 2.75) is 31.2 Å². The van der Waals surface area contributed by atoms with E-state index in [1.54, 1.807) is 0 Å². The first-order valence-corrected chi connectivity index (χ1v) is 5.40. The highest BCUT2D eigenvalue weighted by Gasteiger charge is 2.58. The van der Waals surface area contributed by atoms with Gasteiger partial charge in [-0.05, 0) is 13.8 Å². The molecule has 0 saturated carbocycles. The van der Waals surface area contributed by atoms with Crippen molar-refractivity contribution in [1.29, 1.82) is 0 Å². The number of halogens is 3. The molecule has 0 aromatic carbocycles. The van der Waals surface area contributed by atoms with E-state index in [-0.39, 0.29) is 13.1 Å². The van der Waals surface area contributed by atoms with Gasteiger partial charge in [0.05, 0.1) is 13.1 Å². The number of aliphatic carboxylic acids is 1. The third-order valence-corrected chi connectivity index (χ3v) is 2.92. The smallest absolute Gasteiger partial charge is 0.415 e. The zero-order valence-electron chi connectivity index (χ0n) is 10.5. The summed E-state index contributed by atoms with van der Waals surface area (Å²) in [4.78, 5) is 22.8. The zero-order valence-corrected chi connectivity index (χ0v) is 10.5. The molecule has 1 rings (SSSR count). The number of carboxylic acid groups (broad SMARTS) is 1. The SMILES string of the molecule is CC1(OCC(=O)O)CN(C(=O)C(C)(N)C(F)(F)F)C1. The van der Waals surface area contributed by atoms with Crippen LogP contribution in [0.2, 0.25) is 0 Å². The van der Waals surface area contributed by atoms with Crippen molar-refractivity contribution < 1.29 is 32.6 Å². The van der Waals surface area contributed by atoms with Gasteiger partial charge >= 0.3 is 12.1 Å². The Kier molecular flexibility index (Phi) is 3.83. The highest BCUT2D eigenvalue weighted by Crippen LogP contribution is 2.33. The van der Waals surface area contributed by atoms with Gasteiger partial charge in [0, 0.05) is 0 Å². The number of ether oxygens (including phenoxy) is 1. The van der Waals surface area contributed by atoms with Crippen LogP contribution in [0.3, 0.4) is 0 Å². The van der Waals surface area contributed by atoms with Gasteiger partial charge < -0.3 is 20.5 Å². The van der Waals surface area contributed by atoms with Crippen molar-refractivity contribution in [3.8, 4) is 0 Å². The average Bonchev–Trinajstić information content (AvgIpc) is 2.19. The van der Waals surface area contributed by atoms with Gasteiger partial charge in [0.25, 0.3) is 5.91 Å². The fourth-order valence-electron chi connectivity index (χ4n) is 1.68. The Labute approximate surface area is 107 Å². The molecule has 1 heterocycles. The number of alkyl halides is 3. The summed E-state index contributed by atoms with van der Waals surface area (Å²) in [6.45, 7) is 1.30. The number of carbonyl (C=O) groups is 2. The monoisotopic (exact) mass is 284 g/mol. The van der Waals surface area contributed by atoms with E-state index in [1.165, 1.54) is 6.92 Å². The number of likely N-dealkylation sites (tertiary alicyclic amines) is 1. The van der Waals surface area contributed by atoms with Crippen molar-refractivity contribution in [2.75, 3.05) is 19.7 Å². The molecule has 0 aliphatic carbocycles. The van der Waals surface area contributed by atoms with E-state index in [4.69, 9.17) is 15.6 Å². The van der Waals surface area contributed by atoms with Crippen molar-refractivity contribution >= 4 is 11.9 Å². The maximum Gasteiger partial charge on any atom is 0.415 e. The predicted molar refractivity (Wildman–Crippen MR) is 57.2 cm³/mol. The van der Waals surface area contributed by atoms with Gasteiger partial charge in [-0.2, -0.15) is 13.2 Å². The number of hydrogen-bond acceptors (Lipinski definition) is 4. The molecular weight excluding hydrogens is 269 g/mol. The first-order chi connectivity index (χ1) is 8.39. The summed E-state index contributed by atoms with van der Waals surface area (Å²) < 4.78 is 42.7. The molecule has 1 atom stereocenters. The number of carboxylic acids is 1. The minimum absolute atomic E-state index is 0.123. The molecule has 3 N–H and O–H groups in total. The first kappa shape index (κ1) is 15.7. The molecule has 1 aliphatic rings. The van der Waals surface area contributed by atoms with Crippen LogP contribution in [0.15, 0.2) is 0 Å². The van der Waals surface area contributed by atoms with Crippen molar-refractivity contribution in [3.05, 3.63) is 0 Å². The van der Waals surface area contributed by atoms with E-state index in [1.807, 2.05) is 0 Å². The molecule has 1 unspecified atom stereocenters.